The molecule has 5 nitrogen and oxygen atoms in total. The molecule has 0 radical (unpaired) electrons. The van der Waals surface area contributed by atoms with E-state index >= 15 is 0 Å². The van der Waals surface area contributed by atoms with Crippen LogP contribution in [-0.4, -0.2) is 38.1 Å². The van der Waals surface area contributed by atoms with Crippen LogP contribution in [0.2, 0.25) is 0 Å². The Labute approximate surface area is 119 Å². The first kappa shape index (κ1) is 17.3. The number of carboxylic acids is 1. The number of anilines is 1. The van der Waals surface area contributed by atoms with Gasteiger partial charge in [0.15, 0.2) is 0 Å². The Hall–Kier alpha value is -1.77. The molecule has 0 aliphatic heterocycles. The third kappa shape index (κ3) is 3.29. The predicted molar refractivity (Wildman–Crippen MR) is 69.8 cm³/mol. The second-order valence-electron chi connectivity index (χ2n) is 4.29. The average Bonchev–Trinajstić information content (AvgIpc) is 2.37. The molecule has 0 fully saturated rings. The molecule has 0 heterocycles. The molecule has 118 valence electrons. The highest BCUT2D eigenvalue weighted by molar-refractivity contribution is 7.92. The van der Waals surface area contributed by atoms with E-state index in [1.54, 1.807) is 0 Å². The van der Waals surface area contributed by atoms with Gasteiger partial charge in [-0.15, -0.1) is 0 Å². The van der Waals surface area contributed by atoms with Crippen LogP contribution in [0.4, 0.5) is 18.9 Å². The summed E-state index contributed by atoms with van der Waals surface area (Å²) in [7, 11) is -4.31. The number of alkyl halides is 3. The fourth-order valence-corrected chi connectivity index (χ4v) is 2.88. The smallest absolute Gasteiger partial charge is 0.480 e. The van der Waals surface area contributed by atoms with Crippen LogP contribution in [0.25, 0.3) is 0 Å². The maximum absolute atomic E-state index is 12.7. The van der Waals surface area contributed by atoms with Gasteiger partial charge in [-0.25, -0.2) is 13.2 Å². The molecule has 0 aromatic heterocycles. The molecule has 0 bridgehead atoms. The first-order chi connectivity index (χ1) is 9.54. The summed E-state index contributed by atoms with van der Waals surface area (Å²) in [6.45, 7) is 1.54. The van der Waals surface area contributed by atoms with Crippen molar-refractivity contribution in [3.63, 3.8) is 0 Å². The maximum atomic E-state index is 12.7. The quantitative estimate of drug-likeness (QED) is 0.899. The molecule has 1 aromatic carbocycles. The summed E-state index contributed by atoms with van der Waals surface area (Å²) < 4.78 is 61.2. The SMILES string of the molecule is CCC(C(=O)O)N(C)c1ccccc1S(=O)(=O)C(F)(F)F. The predicted octanol–water partition coefficient (Wildman–Crippen LogP) is 2.28. The van der Waals surface area contributed by atoms with Gasteiger partial charge >= 0.3 is 11.5 Å². The van der Waals surface area contributed by atoms with Gasteiger partial charge in [-0.1, -0.05) is 19.1 Å². The van der Waals surface area contributed by atoms with Crippen LogP contribution >= 0.6 is 0 Å². The van der Waals surface area contributed by atoms with Gasteiger partial charge in [-0.2, -0.15) is 13.2 Å². The van der Waals surface area contributed by atoms with E-state index < -0.39 is 32.3 Å². The van der Waals surface area contributed by atoms with Crippen molar-refractivity contribution in [2.75, 3.05) is 11.9 Å². The average molecular weight is 325 g/mol. The molecule has 0 saturated heterocycles. The number of benzene rings is 1. The van der Waals surface area contributed by atoms with Crippen LogP contribution in [-0.2, 0) is 14.6 Å². The highest BCUT2D eigenvalue weighted by Gasteiger charge is 2.48. The molecule has 0 amide bonds. The van der Waals surface area contributed by atoms with E-state index in [1.165, 1.54) is 20.0 Å². The fourth-order valence-electron chi connectivity index (χ4n) is 1.88. The maximum Gasteiger partial charge on any atom is 0.501 e. The highest BCUT2D eigenvalue weighted by Crippen LogP contribution is 2.36. The Kier molecular flexibility index (Phi) is 4.87. The molecule has 0 spiro atoms. The van der Waals surface area contributed by atoms with Gasteiger partial charge in [0.05, 0.1) is 10.6 Å². The molecule has 0 aliphatic carbocycles. The molecular formula is C12H14F3NO4S. The Morgan fingerprint density at radius 3 is 2.29 bits per heavy atom. The Bertz CT molecular complexity index is 628. The van der Waals surface area contributed by atoms with Crippen molar-refractivity contribution in [1.29, 1.82) is 0 Å². The largest absolute Gasteiger partial charge is 0.501 e. The monoisotopic (exact) mass is 325 g/mol. The van der Waals surface area contributed by atoms with Crippen molar-refractivity contribution in [2.45, 2.75) is 29.8 Å². The lowest BCUT2D eigenvalue weighted by atomic mass is 10.2. The van der Waals surface area contributed by atoms with Crippen molar-refractivity contribution in [3.05, 3.63) is 24.3 Å². The minimum Gasteiger partial charge on any atom is -0.480 e. The van der Waals surface area contributed by atoms with Gasteiger partial charge in [0, 0.05) is 7.05 Å². The minimum atomic E-state index is -5.55. The second kappa shape index (κ2) is 5.92. The molecule has 1 N–H and O–H groups in total. The second-order valence-corrected chi connectivity index (χ2v) is 6.20. The molecule has 0 aliphatic rings. The molecule has 0 saturated carbocycles. The lowest BCUT2D eigenvalue weighted by Gasteiger charge is -2.27. The van der Waals surface area contributed by atoms with Crippen molar-refractivity contribution in [3.8, 4) is 0 Å². The van der Waals surface area contributed by atoms with Crippen molar-refractivity contribution < 1.29 is 31.5 Å². The highest BCUT2D eigenvalue weighted by atomic mass is 32.2. The number of carboxylic acid groups (broad SMARTS) is 1. The molecule has 9 heteroatoms. The summed E-state index contributed by atoms with van der Waals surface area (Å²) in [6, 6.07) is 3.32. The number of para-hydroxylation sites is 1. The summed E-state index contributed by atoms with van der Waals surface area (Å²) >= 11 is 0. The number of hydrogen-bond acceptors (Lipinski definition) is 4. The molecule has 21 heavy (non-hydrogen) atoms. The van der Waals surface area contributed by atoms with Crippen molar-refractivity contribution in [2.24, 2.45) is 0 Å². The first-order valence-corrected chi connectivity index (χ1v) is 7.38. The van der Waals surface area contributed by atoms with E-state index in [0.717, 1.165) is 23.1 Å². The van der Waals surface area contributed by atoms with Gasteiger partial charge < -0.3 is 10.0 Å². The number of nitrogens with zero attached hydrogens (tertiary/aromatic N) is 1. The van der Waals surface area contributed by atoms with Crippen LogP contribution in [0.15, 0.2) is 29.2 Å². The Morgan fingerprint density at radius 2 is 1.86 bits per heavy atom. The Balaban J connectivity index is 3.45. The van der Waals surface area contributed by atoms with Crippen LogP contribution in [0.3, 0.4) is 0 Å². The summed E-state index contributed by atoms with van der Waals surface area (Å²) in [5, 5.41) is 9.05. The molecular weight excluding hydrogens is 311 g/mol. The number of halogens is 3. The zero-order valence-electron chi connectivity index (χ0n) is 11.3. The van der Waals surface area contributed by atoms with Gasteiger partial charge in [-0.3, -0.25) is 0 Å². The summed E-state index contributed by atoms with van der Waals surface area (Å²) in [6.07, 6.45) is 0.103. The summed E-state index contributed by atoms with van der Waals surface area (Å²) in [4.78, 5) is 11.1. The summed E-state index contributed by atoms with van der Waals surface area (Å²) in [5.74, 6) is -1.25. The van der Waals surface area contributed by atoms with E-state index in [-0.39, 0.29) is 12.1 Å². The van der Waals surface area contributed by atoms with Crippen molar-refractivity contribution >= 4 is 21.5 Å². The van der Waals surface area contributed by atoms with E-state index in [9.17, 15) is 26.4 Å². The topological polar surface area (TPSA) is 74.7 Å². The number of aliphatic carboxylic acids is 1. The third-order valence-electron chi connectivity index (χ3n) is 2.98. The van der Waals surface area contributed by atoms with Gasteiger partial charge in [0.2, 0.25) is 0 Å². The lowest BCUT2D eigenvalue weighted by Crippen LogP contribution is -2.39. The van der Waals surface area contributed by atoms with Crippen LogP contribution in [0.1, 0.15) is 13.3 Å². The van der Waals surface area contributed by atoms with Crippen LogP contribution < -0.4 is 4.90 Å². The number of carbonyl (C=O) groups is 1. The third-order valence-corrected chi connectivity index (χ3v) is 4.51. The molecule has 1 rings (SSSR count). The summed E-state index contributed by atoms with van der Waals surface area (Å²) in [5.41, 5.74) is -5.75. The molecule has 1 atom stereocenters. The number of likely N-dealkylation sites (N-methyl/N-ethyl adjacent to an activating group) is 1. The number of hydrogen-bond donors (Lipinski definition) is 1. The normalized spacial score (nSPS) is 13.8. The Morgan fingerprint density at radius 1 is 1.33 bits per heavy atom. The fraction of sp³-hybridized carbons (Fsp3) is 0.417. The molecule has 1 unspecified atom stereocenters. The minimum absolute atomic E-state index is 0.103. The van der Waals surface area contributed by atoms with E-state index in [2.05, 4.69) is 0 Å². The lowest BCUT2D eigenvalue weighted by molar-refractivity contribution is -0.138. The molecule has 1 aromatic rings. The number of sulfone groups is 1. The van der Waals surface area contributed by atoms with Gasteiger partial charge in [-0.05, 0) is 18.6 Å². The van der Waals surface area contributed by atoms with E-state index in [1.807, 2.05) is 0 Å². The van der Waals surface area contributed by atoms with E-state index in [0.29, 0.717) is 0 Å². The van der Waals surface area contributed by atoms with Crippen LogP contribution in [0.5, 0.6) is 0 Å². The van der Waals surface area contributed by atoms with Gasteiger partial charge in [0.25, 0.3) is 9.84 Å². The van der Waals surface area contributed by atoms with Crippen molar-refractivity contribution in [1.82, 2.24) is 0 Å². The zero-order valence-corrected chi connectivity index (χ0v) is 12.1. The zero-order chi connectivity index (χ0) is 16.4. The van der Waals surface area contributed by atoms with Crippen LogP contribution in [0, 0.1) is 0 Å². The van der Waals surface area contributed by atoms with Gasteiger partial charge in [0.1, 0.15) is 6.04 Å². The first-order valence-electron chi connectivity index (χ1n) is 5.90. The van der Waals surface area contributed by atoms with E-state index in [4.69, 9.17) is 5.11 Å². The standard InChI is InChI=1S/C12H14F3NO4S/c1-3-8(11(17)18)16(2)9-6-4-5-7-10(9)21(19,20)12(13,14)15/h4-8H,3H2,1-2H3,(H,17,18). The number of rotatable bonds is 5.